The molecule has 0 aliphatic carbocycles. The molecule has 3 rings (SSSR count). The number of carbonyl (C=O) groups excluding carboxylic acids is 1. The van der Waals surface area contributed by atoms with Gasteiger partial charge in [0.25, 0.3) is 0 Å². The fraction of sp³-hybridized carbons (Fsp3) is 0.375. The van der Waals surface area contributed by atoms with Crippen molar-refractivity contribution < 1.29 is 18.3 Å². The number of halogens is 2. The van der Waals surface area contributed by atoms with Gasteiger partial charge in [-0.2, -0.15) is 0 Å². The molecule has 7 heteroatoms. The van der Waals surface area contributed by atoms with Crippen LogP contribution in [0.3, 0.4) is 0 Å². The Kier molecular flexibility index (Phi) is 4.38. The lowest BCUT2D eigenvalue weighted by molar-refractivity contribution is -0.138. The third-order valence-corrected chi connectivity index (χ3v) is 3.79. The number of benzene rings is 1. The first-order valence-electron chi connectivity index (χ1n) is 7.38. The van der Waals surface area contributed by atoms with Crippen molar-refractivity contribution in [3.8, 4) is 0 Å². The normalized spacial score (nSPS) is 18.2. The van der Waals surface area contributed by atoms with E-state index in [1.54, 1.807) is 11.1 Å². The summed E-state index contributed by atoms with van der Waals surface area (Å²) in [5, 5.41) is 0. The van der Waals surface area contributed by atoms with Crippen molar-refractivity contribution in [1.29, 1.82) is 0 Å². The average molecular weight is 321 g/mol. The summed E-state index contributed by atoms with van der Waals surface area (Å²) in [5.74, 6) is -1.32. The largest absolute Gasteiger partial charge is 0.367 e. The van der Waals surface area contributed by atoms with Crippen LogP contribution in [0.4, 0.5) is 8.78 Å². The highest BCUT2D eigenvalue weighted by Gasteiger charge is 2.27. The summed E-state index contributed by atoms with van der Waals surface area (Å²) in [4.78, 5) is 21.4. The Hall–Kier alpha value is -2.28. The summed E-state index contributed by atoms with van der Waals surface area (Å²) in [6.07, 6.45) is 1.44. The van der Waals surface area contributed by atoms with Crippen molar-refractivity contribution in [2.45, 2.75) is 19.4 Å². The number of amides is 1. The molecule has 1 saturated heterocycles. The lowest BCUT2D eigenvalue weighted by Crippen LogP contribution is -2.43. The van der Waals surface area contributed by atoms with Crippen molar-refractivity contribution >= 4 is 5.91 Å². The fourth-order valence-corrected chi connectivity index (χ4v) is 2.57. The van der Waals surface area contributed by atoms with E-state index in [9.17, 15) is 13.6 Å². The molecular formula is C16H17F2N3O2. The lowest BCUT2D eigenvalue weighted by atomic mass is 10.1. The Morgan fingerprint density at radius 3 is 2.96 bits per heavy atom. The number of ether oxygens (including phenoxy) is 1. The van der Waals surface area contributed by atoms with Crippen molar-refractivity contribution in [2.24, 2.45) is 0 Å². The summed E-state index contributed by atoms with van der Waals surface area (Å²) in [6.45, 7) is 3.16. The minimum Gasteiger partial charge on any atom is -0.367 e. The second kappa shape index (κ2) is 6.45. The predicted octanol–water partition coefficient (Wildman–Crippen LogP) is 2.14. The molecule has 2 heterocycles. The molecule has 0 bridgehead atoms. The van der Waals surface area contributed by atoms with Crippen molar-refractivity contribution in [3.05, 3.63) is 53.1 Å². The van der Waals surface area contributed by atoms with E-state index in [1.807, 2.05) is 6.92 Å². The van der Waals surface area contributed by atoms with Gasteiger partial charge in [-0.1, -0.05) is 6.07 Å². The number of imidazole rings is 1. The third-order valence-electron chi connectivity index (χ3n) is 3.79. The first kappa shape index (κ1) is 15.6. The van der Waals surface area contributed by atoms with Crippen molar-refractivity contribution in [3.63, 3.8) is 0 Å². The Bertz CT molecular complexity index is 717. The van der Waals surface area contributed by atoms with Gasteiger partial charge in [0.05, 0.1) is 19.6 Å². The molecule has 0 spiro atoms. The van der Waals surface area contributed by atoms with Gasteiger partial charge in [-0.25, -0.2) is 13.8 Å². The van der Waals surface area contributed by atoms with Crippen molar-refractivity contribution in [2.75, 3.05) is 19.7 Å². The molecule has 5 nitrogen and oxygen atoms in total. The van der Waals surface area contributed by atoms with Crippen LogP contribution in [0.5, 0.6) is 0 Å². The number of nitrogens with one attached hydrogen (secondary N) is 1. The van der Waals surface area contributed by atoms with Crippen LogP contribution in [-0.4, -0.2) is 40.5 Å². The quantitative estimate of drug-likeness (QED) is 0.942. The first-order chi connectivity index (χ1) is 11.0. The van der Waals surface area contributed by atoms with Crippen LogP contribution in [0.2, 0.25) is 0 Å². The standard InChI is InChI=1S/C16H17F2N3O2/c1-10-8-19-16(20-10)14-9-21(4-5-23-14)15(22)7-11-2-3-12(17)13(18)6-11/h2-3,6,8,14H,4-5,7,9H2,1H3,(H,19,20)/t14-/m1/s1. The molecule has 0 radical (unpaired) electrons. The monoisotopic (exact) mass is 321 g/mol. The number of rotatable bonds is 3. The van der Waals surface area contributed by atoms with Gasteiger partial charge in [-0.05, 0) is 24.6 Å². The van der Waals surface area contributed by atoms with Gasteiger partial charge < -0.3 is 14.6 Å². The molecule has 1 atom stereocenters. The number of H-pyrrole nitrogens is 1. The third kappa shape index (κ3) is 3.56. The summed E-state index contributed by atoms with van der Waals surface area (Å²) in [5.41, 5.74) is 1.37. The zero-order valence-electron chi connectivity index (χ0n) is 12.7. The number of hydrogen-bond donors (Lipinski definition) is 1. The van der Waals surface area contributed by atoms with E-state index in [-0.39, 0.29) is 18.4 Å². The zero-order valence-corrected chi connectivity index (χ0v) is 12.7. The van der Waals surface area contributed by atoms with E-state index >= 15 is 0 Å². The summed E-state index contributed by atoms with van der Waals surface area (Å²) in [6, 6.07) is 3.51. The number of aromatic amines is 1. The molecule has 2 aromatic rings. The van der Waals surface area contributed by atoms with E-state index in [0.717, 1.165) is 17.8 Å². The smallest absolute Gasteiger partial charge is 0.227 e. The molecule has 1 fully saturated rings. The first-order valence-corrected chi connectivity index (χ1v) is 7.38. The van der Waals surface area contributed by atoms with Crippen LogP contribution in [0.25, 0.3) is 0 Å². The Labute approximate surface area is 132 Å². The maximum Gasteiger partial charge on any atom is 0.227 e. The molecule has 1 aromatic carbocycles. The maximum absolute atomic E-state index is 13.2. The van der Waals surface area contributed by atoms with E-state index in [4.69, 9.17) is 4.74 Å². The van der Waals surface area contributed by atoms with Crippen LogP contribution in [0.15, 0.2) is 24.4 Å². The number of morpholine rings is 1. The lowest BCUT2D eigenvalue weighted by Gasteiger charge is -2.32. The van der Waals surface area contributed by atoms with Crippen LogP contribution in [-0.2, 0) is 16.0 Å². The summed E-state index contributed by atoms with van der Waals surface area (Å²) < 4.78 is 31.8. The number of nitrogens with zero attached hydrogens (tertiary/aromatic N) is 2. The molecule has 1 aliphatic heterocycles. The van der Waals surface area contributed by atoms with Crippen molar-refractivity contribution in [1.82, 2.24) is 14.9 Å². The van der Waals surface area contributed by atoms with E-state index in [0.29, 0.717) is 31.1 Å². The summed E-state index contributed by atoms with van der Waals surface area (Å²) in [7, 11) is 0. The topological polar surface area (TPSA) is 58.2 Å². The van der Waals surface area contributed by atoms with Crippen LogP contribution < -0.4 is 0 Å². The molecule has 0 saturated carbocycles. The van der Waals surface area contributed by atoms with E-state index in [2.05, 4.69) is 9.97 Å². The molecule has 0 unspecified atom stereocenters. The predicted molar refractivity (Wildman–Crippen MR) is 78.7 cm³/mol. The molecule has 1 aromatic heterocycles. The molecule has 1 amide bonds. The highest BCUT2D eigenvalue weighted by Crippen LogP contribution is 2.20. The second-order valence-corrected chi connectivity index (χ2v) is 5.58. The van der Waals surface area contributed by atoms with Gasteiger partial charge in [0.15, 0.2) is 11.6 Å². The van der Waals surface area contributed by atoms with Gasteiger partial charge in [-0.15, -0.1) is 0 Å². The molecule has 122 valence electrons. The van der Waals surface area contributed by atoms with E-state index in [1.165, 1.54) is 6.07 Å². The minimum absolute atomic E-state index is 0.0289. The molecule has 1 N–H and O–H groups in total. The minimum atomic E-state index is -0.943. The van der Waals surface area contributed by atoms with Crippen LogP contribution >= 0.6 is 0 Å². The average Bonchev–Trinajstić information content (AvgIpc) is 2.98. The van der Waals surface area contributed by atoms with Crippen LogP contribution in [0, 0.1) is 18.6 Å². The van der Waals surface area contributed by atoms with Gasteiger partial charge in [0.2, 0.25) is 5.91 Å². The van der Waals surface area contributed by atoms with Gasteiger partial charge in [0.1, 0.15) is 11.9 Å². The fourth-order valence-electron chi connectivity index (χ4n) is 2.57. The van der Waals surface area contributed by atoms with Gasteiger partial charge in [-0.3, -0.25) is 4.79 Å². The number of aromatic nitrogens is 2. The molecular weight excluding hydrogens is 304 g/mol. The maximum atomic E-state index is 13.2. The highest BCUT2D eigenvalue weighted by molar-refractivity contribution is 5.78. The molecule has 1 aliphatic rings. The summed E-state index contributed by atoms with van der Waals surface area (Å²) >= 11 is 0. The highest BCUT2D eigenvalue weighted by atomic mass is 19.2. The SMILES string of the molecule is Cc1cnc([C@H]2CN(C(=O)Cc3ccc(F)c(F)c3)CCO2)[nH]1. The second-order valence-electron chi connectivity index (χ2n) is 5.58. The van der Waals surface area contributed by atoms with Crippen LogP contribution in [0.1, 0.15) is 23.2 Å². The number of hydrogen-bond acceptors (Lipinski definition) is 3. The Morgan fingerprint density at radius 2 is 2.26 bits per heavy atom. The molecule has 23 heavy (non-hydrogen) atoms. The Balaban J connectivity index is 1.65. The zero-order chi connectivity index (χ0) is 16.4. The van der Waals surface area contributed by atoms with Gasteiger partial charge in [0, 0.05) is 18.4 Å². The number of aryl methyl sites for hydroxylation is 1. The van der Waals surface area contributed by atoms with Gasteiger partial charge >= 0.3 is 0 Å². The Morgan fingerprint density at radius 1 is 1.43 bits per heavy atom. The number of carbonyl (C=O) groups is 1. The van der Waals surface area contributed by atoms with E-state index < -0.39 is 11.6 Å².